The summed E-state index contributed by atoms with van der Waals surface area (Å²) in [5.74, 6) is 0.299. The number of anilines is 1. The van der Waals surface area contributed by atoms with Gasteiger partial charge in [-0.05, 0) is 6.08 Å². The van der Waals surface area contributed by atoms with Gasteiger partial charge in [-0.1, -0.05) is 0 Å². The molecule has 0 saturated carbocycles. The topological polar surface area (TPSA) is 99.4 Å². The summed E-state index contributed by atoms with van der Waals surface area (Å²) in [6.07, 6.45) is 4.09. The first-order chi connectivity index (χ1) is 6.26. The van der Waals surface area contributed by atoms with Crippen LogP contribution in [0.3, 0.4) is 0 Å². The molecule has 0 fully saturated rings. The molecule has 1 rings (SSSR count). The molecule has 0 amide bonds. The molecule has 1 heterocycles. The van der Waals surface area contributed by atoms with E-state index in [9.17, 15) is 0 Å². The average molecular weight is 171 g/mol. The van der Waals surface area contributed by atoms with E-state index in [4.69, 9.17) is 16.3 Å². The Morgan fingerprint density at radius 1 is 1.31 bits per heavy atom. The van der Waals surface area contributed by atoms with Crippen LogP contribution in [0.1, 0.15) is 5.69 Å². The average Bonchev–Trinajstić information content (AvgIpc) is 2.17. The zero-order chi connectivity index (χ0) is 9.68. The summed E-state index contributed by atoms with van der Waals surface area (Å²) >= 11 is 0. The summed E-state index contributed by atoms with van der Waals surface area (Å²) in [4.78, 5) is 7.60. The normalized spacial score (nSPS) is 8.15. The molecule has 0 saturated heterocycles. The van der Waals surface area contributed by atoms with Gasteiger partial charge in [0.2, 0.25) is 0 Å². The number of nitrogens with zero attached hydrogens (tertiary/aromatic N) is 4. The Kier molecular flexibility index (Phi) is 2.57. The summed E-state index contributed by atoms with van der Waals surface area (Å²) in [7, 11) is 0. The lowest BCUT2D eigenvalue weighted by atomic mass is 10.2. The van der Waals surface area contributed by atoms with E-state index in [0.29, 0.717) is 11.5 Å². The van der Waals surface area contributed by atoms with Gasteiger partial charge in [-0.25, -0.2) is 4.98 Å². The molecule has 0 aliphatic carbocycles. The molecule has 62 valence electrons. The number of allylic oxidation sites excluding steroid dienone is 1. The molecule has 0 radical (unpaired) electrons. The molecule has 0 spiro atoms. The molecule has 5 nitrogen and oxygen atoms in total. The third-order valence-corrected chi connectivity index (χ3v) is 1.22. The minimum atomic E-state index is -0.0147. The maximum absolute atomic E-state index is 8.43. The highest BCUT2D eigenvalue weighted by molar-refractivity contribution is 5.59. The van der Waals surface area contributed by atoms with Crippen LogP contribution in [0.15, 0.2) is 18.0 Å². The van der Waals surface area contributed by atoms with E-state index >= 15 is 0 Å². The monoisotopic (exact) mass is 171 g/mol. The molecule has 2 N–H and O–H groups in total. The SMILES string of the molecule is N#CC(C#N)=Cc1cnc(N)cn1. The van der Waals surface area contributed by atoms with Crippen LogP contribution in [0.4, 0.5) is 5.82 Å². The first-order valence-corrected chi connectivity index (χ1v) is 3.35. The molecule has 0 unspecified atom stereocenters. The van der Waals surface area contributed by atoms with Crippen LogP contribution in [0.25, 0.3) is 6.08 Å². The smallest absolute Gasteiger partial charge is 0.141 e. The molecule has 13 heavy (non-hydrogen) atoms. The van der Waals surface area contributed by atoms with Gasteiger partial charge in [0.1, 0.15) is 23.5 Å². The quantitative estimate of drug-likeness (QED) is 0.620. The molecule has 1 aromatic rings. The summed E-state index contributed by atoms with van der Waals surface area (Å²) in [6.45, 7) is 0. The number of nitrogens with two attached hydrogens (primary N) is 1. The second-order valence-corrected chi connectivity index (χ2v) is 2.15. The standard InChI is InChI=1S/C8H5N5/c9-2-6(3-10)1-7-4-13-8(11)5-12-7/h1,4-5H,(H2,11,13). The fourth-order valence-electron chi connectivity index (χ4n) is 0.660. The van der Waals surface area contributed by atoms with E-state index < -0.39 is 0 Å². The Morgan fingerprint density at radius 3 is 2.46 bits per heavy atom. The molecular weight excluding hydrogens is 166 g/mol. The maximum Gasteiger partial charge on any atom is 0.141 e. The second kappa shape index (κ2) is 3.84. The Bertz CT molecular complexity index is 388. The molecular formula is C8H5N5. The van der Waals surface area contributed by atoms with Crippen LogP contribution in [0.5, 0.6) is 0 Å². The van der Waals surface area contributed by atoms with Crippen molar-refractivity contribution in [3.05, 3.63) is 23.7 Å². The first-order valence-electron chi connectivity index (χ1n) is 3.35. The van der Waals surface area contributed by atoms with E-state index in [1.807, 2.05) is 0 Å². The number of hydrogen-bond acceptors (Lipinski definition) is 5. The fraction of sp³-hybridized carbons (Fsp3) is 0. The third-order valence-electron chi connectivity index (χ3n) is 1.22. The van der Waals surface area contributed by atoms with Crippen LogP contribution < -0.4 is 5.73 Å². The van der Waals surface area contributed by atoms with Crippen LogP contribution in [-0.2, 0) is 0 Å². The lowest BCUT2D eigenvalue weighted by molar-refractivity contribution is 1.19. The first kappa shape index (κ1) is 8.69. The fourth-order valence-corrected chi connectivity index (χ4v) is 0.660. The van der Waals surface area contributed by atoms with E-state index in [-0.39, 0.29) is 5.57 Å². The maximum atomic E-state index is 8.43. The summed E-state index contributed by atoms with van der Waals surface area (Å²) in [6, 6.07) is 3.43. The van der Waals surface area contributed by atoms with E-state index in [2.05, 4.69) is 9.97 Å². The molecule has 0 aliphatic rings. The molecule has 0 aromatic carbocycles. The Hall–Kier alpha value is -2.40. The van der Waals surface area contributed by atoms with Crippen molar-refractivity contribution in [2.45, 2.75) is 0 Å². The highest BCUT2D eigenvalue weighted by Gasteiger charge is 1.95. The highest BCUT2D eigenvalue weighted by atomic mass is 14.9. The van der Waals surface area contributed by atoms with Crippen molar-refractivity contribution in [3.8, 4) is 12.1 Å². The van der Waals surface area contributed by atoms with E-state index in [1.54, 1.807) is 12.1 Å². The second-order valence-electron chi connectivity index (χ2n) is 2.15. The molecule has 5 heteroatoms. The van der Waals surface area contributed by atoms with Gasteiger partial charge in [0, 0.05) is 0 Å². The van der Waals surface area contributed by atoms with Crippen molar-refractivity contribution < 1.29 is 0 Å². The summed E-state index contributed by atoms with van der Waals surface area (Å²) in [5, 5.41) is 16.9. The number of nitriles is 2. The minimum absolute atomic E-state index is 0.0147. The van der Waals surface area contributed by atoms with Gasteiger partial charge in [0.05, 0.1) is 18.1 Å². The van der Waals surface area contributed by atoms with Gasteiger partial charge in [-0.2, -0.15) is 10.5 Å². The lowest BCUT2D eigenvalue weighted by Gasteiger charge is -1.91. The van der Waals surface area contributed by atoms with Gasteiger partial charge in [-0.3, -0.25) is 4.98 Å². The predicted molar refractivity (Wildman–Crippen MR) is 45.6 cm³/mol. The number of aromatic nitrogens is 2. The third kappa shape index (κ3) is 2.28. The van der Waals surface area contributed by atoms with Crippen molar-refractivity contribution in [3.63, 3.8) is 0 Å². The van der Waals surface area contributed by atoms with Gasteiger partial charge in [0.15, 0.2) is 0 Å². The molecule has 0 atom stereocenters. The summed E-state index contributed by atoms with van der Waals surface area (Å²) in [5.41, 5.74) is 5.72. The summed E-state index contributed by atoms with van der Waals surface area (Å²) < 4.78 is 0. The predicted octanol–water partition coefficient (Wildman–Crippen LogP) is 0.489. The number of hydrogen-bond donors (Lipinski definition) is 1. The lowest BCUT2D eigenvalue weighted by Crippen LogP contribution is -1.92. The molecule has 0 bridgehead atoms. The van der Waals surface area contributed by atoms with Gasteiger partial charge < -0.3 is 5.73 Å². The Morgan fingerprint density at radius 2 is 2.00 bits per heavy atom. The van der Waals surface area contributed by atoms with Crippen molar-refractivity contribution >= 4 is 11.9 Å². The van der Waals surface area contributed by atoms with Crippen molar-refractivity contribution in [1.29, 1.82) is 10.5 Å². The minimum Gasteiger partial charge on any atom is -0.382 e. The van der Waals surface area contributed by atoms with Crippen LogP contribution in [-0.4, -0.2) is 9.97 Å². The Balaban J connectivity index is 3.00. The van der Waals surface area contributed by atoms with Gasteiger partial charge in [0.25, 0.3) is 0 Å². The molecule has 0 aliphatic heterocycles. The largest absolute Gasteiger partial charge is 0.382 e. The number of nitrogen functional groups attached to an aromatic ring is 1. The van der Waals surface area contributed by atoms with Crippen molar-refractivity contribution in [2.75, 3.05) is 5.73 Å². The number of rotatable bonds is 1. The zero-order valence-electron chi connectivity index (χ0n) is 6.60. The van der Waals surface area contributed by atoms with Crippen LogP contribution >= 0.6 is 0 Å². The Labute approximate surface area is 74.8 Å². The molecule has 1 aromatic heterocycles. The zero-order valence-corrected chi connectivity index (χ0v) is 6.60. The highest BCUT2D eigenvalue weighted by Crippen LogP contribution is 2.02. The van der Waals surface area contributed by atoms with Gasteiger partial charge in [-0.15, -0.1) is 0 Å². The van der Waals surface area contributed by atoms with Gasteiger partial charge >= 0.3 is 0 Å². The van der Waals surface area contributed by atoms with Crippen LogP contribution in [0, 0.1) is 22.7 Å². The van der Waals surface area contributed by atoms with E-state index in [0.717, 1.165) is 0 Å². The van der Waals surface area contributed by atoms with Crippen LogP contribution in [0.2, 0.25) is 0 Å². The van der Waals surface area contributed by atoms with E-state index in [1.165, 1.54) is 18.5 Å². The van der Waals surface area contributed by atoms with Crippen molar-refractivity contribution in [2.24, 2.45) is 0 Å². The van der Waals surface area contributed by atoms with Crippen molar-refractivity contribution in [1.82, 2.24) is 9.97 Å².